The van der Waals surface area contributed by atoms with Crippen molar-refractivity contribution in [2.24, 2.45) is 0 Å². The third-order valence-electron chi connectivity index (χ3n) is 1.69. The molecule has 0 fully saturated rings. The molecule has 0 aliphatic carbocycles. The number of aliphatic hydroxyl groups excluding tert-OH is 3. The quantitative estimate of drug-likeness (QED) is 0.598. The first-order valence-electron chi connectivity index (χ1n) is 3.77. The highest BCUT2D eigenvalue weighted by Crippen LogP contribution is 2.15. The van der Waals surface area contributed by atoms with Crippen molar-refractivity contribution in [3.05, 3.63) is 35.9 Å². The molecule has 2 atom stereocenters. The highest BCUT2D eigenvalue weighted by Gasteiger charge is 2.16. The first kappa shape index (κ1) is 9.19. The van der Waals surface area contributed by atoms with Gasteiger partial charge >= 0.3 is 0 Å². The van der Waals surface area contributed by atoms with E-state index in [0.717, 1.165) is 0 Å². The van der Waals surface area contributed by atoms with Crippen molar-refractivity contribution in [3.8, 4) is 0 Å². The zero-order valence-corrected chi connectivity index (χ0v) is 6.59. The molecule has 0 aliphatic rings. The summed E-state index contributed by atoms with van der Waals surface area (Å²) >= 11 is 0. The van der Waals surface area contributed by atoms with Gasteiger partial charge in [0.2, 0.25) is 0 Å². The third kappa shape index (κ3) is 2.04. The molecule has 3 nitrogen and oxygen atoms in total. The number of hydrogen-bond acceptors (Lipinski definition) is 3. The molecule has 0 amide bonds. The van der Waals surface area contributed by atoms with Gasteiger partial charge in [-0.05, 0) is 5.56 Å². The van der Waals surface area contributed by atoms with E-state index in [2.05, 4.69) is 0 Å². The summed E-state index contributed by atoms with van der Waals surface area (Å²) in [4.78, 5) is 0. The van der Waals surface area contributed by atoms with E-state index in [1.807, 2.05) is 6.07 Å². The van der Waals surface area contributed by atoms with Crippen LogP contribution in [0.5, 0.6) is 0 Å². The maximum absolute atomic E-state index is 9.38. The lowest BCUT2D eigenvalue weighted by atomic mass is 10.1. The van der Waals surface area contributed by atoms with E-state index in [1.165, 1.54) is 0 Å². The largest absolute Gasteiger partial charge is 0.394 e. The monoisotopic (exact) mass is 168 g/mol. The van der Waals surface area contributed by atoms with Gasteiger partial charge in [0.15, 0.2) is 0 Å². The van der Waals surface area contributed by atoms with Crippen molar-refractivity contribution in [2.45, 2.75) is 12.2 Å². The molecular formula is C9H12O3. The summed E-state index contributed by atoms with van der Waals surface area (Å²) in [6, 6.07) is 8.75. The molecule has 1 rings (SSSR count). The highest BCUT2D eigenvalue weighted by molar-refractivity contribution is 5.18. The van der Waals surface area contributed by atoms with E-state index in [-0.39, 0.29) is 0 Å². The molecule has 0 heterocycles. The first-order chi connectivity index (χ1) is 5.75. The van der Waals surface area contributed by atoms with Crippen LogP contribution in [0.3, 0.4) is 0 Å². The van der Waals surface area contributed by atoms with Crippen molar-refractivity contribution >= 4 is 0 Å². The molecule has 0 radical (unpaired) electrons. The van der Waals surface area contributed by atoms with Gasteiger partial charge in [-0.2, -0.15) is 0 Å². The molecule has 1 aromatic carbocycles. The fraction of sp³-hybridized carbons (Fsp3) is 0.333. The van der Waals surface area contributed by atoms with Gasteiger partial charge in [-0.25, -0.2) is 0 Å². The number of benzene rings is 1. The van der Waals surface area contributed by atoms with Crippen molar-refractivity contribution in [1.82, 2.24) is 0 Å². The Balaban J connectivity index is 2.71. The van der Waals surface area contributed by atoms with Crippen LogP contribution in [0.25, 0.3) is 0 Å². The topological polar surface area (TPSA) is 60.7 Å². The van der Waals surface area contributed by atoms with Gasteiger partial charge in [-0.1, -0.05) is 30.3 Å². The van der Waals surface area contributed by atoms with E-state index in [9.17, 15) is 5.11 Å². The fourth-order valence-electron chi connectivity index (χ4n) is 0.972. The molecular weight excluding hydrogens is 156 g/mol. The van der Waals surface area contributed by atoms with Crippen molar-refractivity contribution < 1.29 is 15.3 Å². The predicted molar refractivity (Wildman–Crippen MR) is 44.5 cm³/mol. The fourth-order valence-corrected chi connectivity index (χ4v) is 0.972. The van der Waals surface area contributed by atoms with Gasteiger partial charge in [-0.3, -0.25) is 0 Å². The number of hydrogen-bond donors (Lipinski definition) is 3. The zero-order chi connectivity index (χ0) is 8.97. The molecule has 0 unspecified atom stereocenters. The van der Waals surface area contributed by atoms with E-state index < -0.39 is 18.8 Å². The van der Waals surface area contributed by atoms with E-state index >= 15 is 0 Å². The third-order valence-corrected chi connectivity index (χ3v) is 1.69. The van der Waals surface area contributed by atoms with Crippen LogP contribution < -0.4 is 0 Å². The van der Waals surface area contributed by atoms with Gasteiger partial charge in [-0.15, -0.1) is 0 Å². The molecule has 3 heteroatoms. The van der Waals surface area contributed by atoms with E-state index in [4.69, 9.17) is 10.2 Å². The molecule has 3 N–H and O–H groups in total. The molecule has 12 heavy (non-hydrogen) atoms. The maximum atomic E-state index is 9.38. The second-order valence-electron chi connectivity index (χ2n) is 2.61. The second-order valence-corrected chi connectivity index (χ2v) is 2.61. The van der Waals surface area contributed by atoms with Crippen LogP contribution in [0.15, 0.2) is 30.3 Å². The minimum atomic E-state index is -1.10. The summed E-state index contributed by atoms with van der Waals surface area (Å²) in [6.45, 7) is -0.434. The minimum absolute atomic E-state index is 0.434. The lowest BCUT2D eigenvalue weighted by molar-refractivity contribution is -0.0152. The smallest absolute Gasteiger partial charge is 0.107 e. The van der Waals surface area contributed by atoms with Crippen LogP contribution in [0.4, 0.5) is 0 Å². The maximum Gasteiger partial charge on any atom is 0.107 e. The van der Waals surface area contributed by atoms with Crippen LogP contribution in [0, 0.1) is 0 Å². The molecule has 1 aromatic rings. The van der Waals surface area contributed by atoms with Crippen LogP contribution in [0.1, 0.15) is 11.7 Å². The summed E-state index contributed by atoms with van der Waals surface area (Å²) in [5, 5.41) is 27.0. The summed E-state index contributed by atoms with van der Waals surface area (Å²) in [6.07, 6.45) is -2.11. The minimum Gasteiger partial charge on any atom is -0.394 e. The SMILES string of the molecule is OC[C@H](O)[C@H](O)c1ccccc1. The summed E-state index contributed by atoms with van der Waals surface area (Å²) in [5.74, 6) is 0. The molecule has 0 aliphatic heterocycles. The Morgan fingerprint density at radius 1 is 1.08 bits per heavy atom. The van der Waals surface area contributed by atoms with Gasteiger partial charge in [0.05, 0.1) is 6.61 Å². The van der Waals surface area contributed by atoms with E-state index in [1.54, 1.807) is 24.3 Å². The number of rotatable bonds is 3. The molecule has 66 valence electrons. The van der Waals surface area contributed by atoms with Crippen molar-refractivity contribution in [1.29, 1.82) is 0 Å². The Morgan fingerprint density at radius 3 is 2.17 bits per heavy atom. The zero-order valence-electron chi connectivity index (χ0n) is 6.59. The second kappa shape index (κ2) is 4.21. The molecule has 0 saturated carbocycles. The summed E-state index contributed by atoms with van der Waals surface area (Å²) in [5.41, 5.74) is 0.610. The highest BCUT2D eigenvalue weighted by atomic mass is 16.4. The van der Waals surface area contributed by atoms with Gasteiger partial charge < -0.3 is 15.3 Å². The van der Waals surface area contributed by atoms with Crippen LogP contribution >= 0.6 is 0 Å². The normalized spacial score (nSPS) is 15.6. The Morgan fingerprint density at radius 2 is 1.67 bits per heavy atom. The standard InChI is InChI=1S/C9H12O3/c10-6-8(11)9(12)7-4-2-1-3-5-7/h1-5,8-12H,6H2/t8-,9+/m0/s1. The Hall–Kier alpha value is -0.900. The average molecular weight is 168 g/mol. The number of aliphatic hydroxyl groups is 3. The molecule has 0 bridgehead atoms. The van der Waals surface area contributed by atoms with Crippen molar-refractivity contribution in [3.63, 3.8) is 0 Å². The first-order valence-corrected chi connectivity index (χ1v) is 3.77. The Labute approximate surface area is 70.9 Å². The molecule has 0 aromatic heterocycles. The van der Waals surface area contributed by atoms with Gasteiger partial charge in [0, 0.05) is 0 Å². The van der Waals surface area contributed by atoms with Crippen LogP contribution in [0.2, 0.25) is 0 Å². The Bertz CT molecular complexity index is 222. The van der Waals surface area contributed by atoms with Crippen molar-refractivity contribution in [2.75, 3.05) is 6.61 Å². The molecule has 0 saturated heterocycles. The Kier molecular flexibility index (Phi) is 3.22. The average Bonchev–Trinajstić information content (AvgIpc) is 2.17. The van der Waals surface area contributed by atoms with Crippen LogP contribution in [-0.4, -0.2) is 28.0 Å². The predicted octanol–water partition coefficient (Wildman–Crippen LogP) is 0.0732. The van der Waals surface area contributed by atoms with Crippen LogP contribution in [-0.2, 0) is 0 Å². The van der Waals surface area contributed by atoms with Gasteiger partial charge in [0.25, 0.3) is 0 Å². The lowest BCUT2D eigenvalue weighted by Crippen LogP contribution is -2.21. The summed E-state index contributed by atoms with van der Waals surface area (Å²) in [7, 11) is 0. The van der Waals surface area contributed by atoms with Gasteiger partial charge in [0.1, 0.15) is 12.2 Å². The molecule has 0 spiro atoms. The summed E-state index contributed by atoms with van der Waals surface area (Å²) < 4.78 is 0. The lowest BCUT2D eigenvalue weighted by Gasteiger charge is -2.15. The van der Waals surface area contributed by atoms with E-state index in [0.29, 0.717) is 5.56 Å².